The Morgan fingerprint density at radius 2 is 2.06 bits per heavy atom. The molecule has 0 fully saturated rings. The fourth-order valence-corrected chi connectivity index (χ4v) is 1.62. The van der Waals surface area contributed by atoms with E-state index in [1.807, 2.05) is 13.8 Å². The molecule has 98 valence electrons. The number of nitrogens with zero attached hydrogens (tertiary/aromatic N) is 1. The Hall–Kier alpha value is -1.26. The smallest absolute Gasteiger partial charge is 0.172 e. The standard InChI is InChI=1S/C12H14Cl2N2O2/c1-7(2)18-12-5-11(9(13)4-10(12)14)16-15-6-8(3)17/h4-7,16H,1-3H3. The van der Waals surface area contributed by atoms with Crippen LogP contribution < -0.4 is 10.2 Å². The number of Topliss-reactive ketones (excluding diaryl/α,β-unsaturated/α-hetero) is 1. The van der Waals surface area contributed by atoms with Gasteiger partial charge in [-0.1, -0.05) is 23.2 Å². The van der Waals surface area contributed by atoms with Crippen LogP contribution in [-0.4, -0.2) is 18.1 Å². The zero-order valence-electron chi connectivity index (χ0n) is 10.3. The Bertz CT molecular complexity index is 473. The summed E-state index contributed by atoms with van der Waals surface area (Å²) >= 11 is 12.0. The first kappa shape index (κ1) is 14.8. The van der Waals surface area contributed by atoms with E-state index in [9.17, 15) is 4.79 Å². The number of anilines is 1. The number of hydrazone groups is 1. The van der Waals surface area contributed by atoms with Crippen molar-refractivity contribution in [2.75, 3.05) is 5.43 Å². The maximum Gasteiger partial charge on any atom is 0.172 e. The minimum absolute atomic E-state index is 0.00255. The lowest BCUT2D eigenvalue weighted by molar-refractivity contribution is -0.110. The summed E-state index contributed by atoms with van der Waals surface area (Å²) in [5.74, 6) is 0.350. The summed E-state index contributed by atoms with van der Waals surface area (Å²) in [6.45, 7) is 5.19. The van der Waals surface area contributed by atoms with Crippen LogP contribution in [0.2, 0.25) is 10.0 Å². The van der Waals surface area contributed by atoms with Crippen molar-refractivity contribution in [1.29, 1.82) is 0 Å². The molecule has 0 spiro atoms. The minimum Gasteiger partial charge on any atom is -0.489 e. The monoisotopic (exact) mass is 288 g/mol. The molecule has 0 aliphatic heterocycles. The van der Waals surface area contributed by atoms with Gasteiger partial charge in [0.2, 0.25) is 0 Å². The minimum atomic E-state index is -0.161. The lowest BCUT2D eigenvalue weighted by Gasteiger charge is -2.13. The van der Waals surface area contributed by atoms with Crippen LogP contribution in [0.25, 0.3) is 0 Å². The number of hydrogen-bond acceptors (Lipinski definition) is 4. The van der Waals surface area contributed by atoms with Crippen molar-refractivity contribution < 1.29 is 9.53 Å². The third kappa shape index (κ3) is 4.55. The number of rotatable bonds is 5. The van der Waals surface area contributed by atoms with E-state index in [2.05, 4.69) is 10.5 Å². The average Bonchev–Trinajstić information content (AvgIpc) is 2.23. The first-order chi connectivity index (χ1) is 8.40. The number of ketones is 1. The number of benzene rings is 1. The maximum absolute atomic E-state index is 10.7. The van der Waals surface area contributed by atoms with Crippen molar-refractivity contribution >= 4 is 40.9 Å². The van der Waals surface area contributed by atoms with Gasteiger partial charge < -0.3 is 4.74 Å². The molecule has 0 amide bonds. The Morgan fingerprint density at radius 1 is 1.39 bits per heavy atom. The molecule has 0 aliphatic carbocycles. The number of carbonyl (C=O) groups is 1. The molecule has 1 aromatic rings. The van der Waals surface area contributed by atoms with E-state index in [-0.39, 0.29) is 11.9 Å². The second kappa shape index (κ2) is 6.61. The van der Waals surface area contributed by atoms with E-state index in [0.29, 0.717) is 21.5 Å². The van der Waals surface area contributed by atoms with Crippen molar-refractivity contribution in [3.8, 4) is 5.75 Å². The summed E-state index contributed by atoms with van der Waals surface area (Å²) in [6, 6.07) is 3.20. The highest BCUT2D eigenvalue weighted by Crippen LogP contribution is 2.34. The molecule has 1 aromatic carbocycles. The van der Waals surface area contributed by atoms with E-state index in [1.54, 1.807) is 12.1 Å². The summed E-state index contributed by atoms with van der Waals surface area (Å²) in [5.41, 5.74) is 3.19. The van der Waals surface area contributed by atoms with Gasteiger partial charge in [-0.3, -0.25) is 10.2 Å². The van der Waals surface area contributed by atoms with E-state index in [4.69, 9.17) is 27.9 Å². The highest BCUT2D eigenvalue weighted by Gasteiger charge is 2.09. The van der Waals surface area contributed by atoms with Crippen LogP contribution in [0.3, 0.4) is 0 Å². The summed E-state index contributed by atoms with van der Waals surface area (Å²) in [6.07, 6.45) is 1.16. The first-order valence-corrected chi connectivity index (χ1v) is 6.11. The zero-order chi connectivity index (χ0) is 13.7. The predicted molar refractivity (Wildman–Crippen MR) is 75.0 cm³/mol. The van der Waals surface area contributed by atoms with Gasteiger partial charge in [0.15, 0.2) is 5.78 Å². The Morgan fingerprint density at radius 3 is 2.61 bits per heavy atom. The van der Waals surface area contributed by atoms with Gasteiger partial charge in [-0.15, -0.1) is 0 Å². The number of halogens is 2. The van der Waals surface area contributed by atoms with Gasteiger partial charge in [0.1, 0.15) is 5.75 Å². The molecule has 0 unspecified atom stereocenters. The fourth-order valence-electron chi connectivity index (χ4n) is 1.15. The van der Waals surface area contributed by atoms with Gasteiger partial charge >= 0.3 is 0 Å². The molecule has 0 saturated carbocycles. The van der Waals surface area contributed by atoms with Crippen LogP contribution in [0.1, 0.15) is 20.8 Å². The van der Waals surface area contributed by atoms with Crippen LogP contribution in [-0.2, 0) is 4.79 Å². The Labute approximate surface area is 116 Å². The molecule has 0 bridgehead atoms. The molecular formula is C12H14Cl2N2O2. The quantitative estimate of drug-likeness (QED) is 0.663. The molecule has 4 nitrogen and oxygen atoms in total. The number of carbonyl (C=O) groups excluding carboxylic acids is 1. The average molecular weight is 289 g/mol. The summed E-state index contributed by atoms with van der Waals surface area (Å²) in [7, 11) is 0. The molecule has 1 N–H and O–H groups in total. The first-order valence-electron chi connectivity index (χ1n) is 5.35. The highest BCUT2D eigenvalue weighted by atomic mass is 35.5. The van der Waals surface area contributed by atoms with Crippen molar-refractivity contribution in [3.05, 3.63) is 22.2 Å². The molecule has 0 aromatic heterocycles. The van der Waals surface area contributed by atoms with Gasteiger partial charge in [-0.25, -0.2) is 0 Å². The highest BCUT2D eigenvalue weighted by molar-refractivity contribution is 6.37. The third-order valence-electron chi connectivity index (χ3n) is 1.82. The molecule has 0 radical (unpaired) electrons. The van der Waals surface area contributed by atoms with Gasteiger partial charge in [0.25, 0.3) is 0 Å². The van der Waals surface area contributed by atoms with Gasteiger partial charge in [-0.2, -0.15) is 5.10 Å². The van der Waals surface area contributed by atoms with E-state index < -0.39 is 0 Å². The Kier molecular flexibility index (Phi) is 5.44. The molecule has 1 rings (SSSR count). The second-order valence-electron chi connectivity index (χ2n) is 3.91. The number of hydrogen-bond donors (Lipinski definition) is 1. The third-order valence-corrected chi connectivity index (χ3v) is 2.42. The van der Waals surface area contributed by atoms with E-state index >= 15 is 0 Å². The molecule has 0 saturated heterocycles. The van der Waals surface area contributed by atoms with Crippen LogP contribution in [0, 0.1) is 0 Å². The van der Waals surface area contributed by atoms with Gasteiger partial charge in [-0.05, 0) is 19.9 Å². The van der Waals surface area contributed by atoms with Crippen molar-refractivity contribution in [2.24, 2.45) is 5.10 Å². The van der Waals surface area contributed by atoms with E-state index in [0.717, 1.165) is 6.21 Å². The molecule has 0 atom stereocenters. The zero-order valence-corrected chi connectivity index (χ0v) is 11.8. The van der Waals surface area contributed by atoms with Crippen LogP contribution in [0.15, 0.2) is 17.2 Å². The summed E-state index contributed by atoms with van der Waals surface area (Å²) in [5, 5.41) is 4.57. The van der Waals surface area contributed by atoms with Gasteiger partial charge in [0, 0.05) is 13.0 Å². The second-order valence-corrected chi connectivity index (χ2v) is 4.72. The van der Waals surface area contributed by atoms with E-state index in [1.165, 1.54) is 6.92 Å². The number of ether oxygens (including phenoxy) is 1. The fraction of sp³-hybridized carbons (Fsp3) is 0.333. The molecule has 0 aliphatic rings. The molecule has 18 heavy (non-hydrogen) atoms. The lowest BCUT2D eigenvalue weighted by Crippen LogP contribution is -2.06. The predicted octanol–water partition coefficient (Wildman–Crippen LogP) is 3.77. The SMILES string of the molecule is CC(=O)C=NNc1cc(OC(C)C)c(Cl)cc1Cl. The molecule has 0 heterocycles. The lowest BCUT2D eigenvalue weighted by atomic mass is 10.3. The summed E-state index contributed by atoms with van der Waals surface area (Å²) < 4.78 is 5.52. The summed E-state index contributed by atoms with van der Waals surface area (Å²) in [4.78, 5) is 10.7. The van der Waals surface area contributed by atoms with Gasteiger partial charge in [0.05, 0.1) is 28.1 Å². The maximum atomic E-state index is 10.7. The van der Waals surface area contributed by atoms with Crippen LogP contribution in [0.4, 0.5) is 5.69 Å². The molecule has 6 heteroatoms. The van der Waals surface area contributed by atoms with Crippen LogP contribution >= 0.6 is 23.2 Å². The number of nitrogens with one attached hydrogen (secondary N) is 1. The Balaban J connectivity index is 2.94. The topological polar surface area (TPSA) is 50.7 Å². The largest absolute Gasteiger partial charge is 0.489 e. The van der Waals surface area contributed by atoms with Crippen molar-refractivity contribution in [1.82, 2.24) is 0 Å². The normalized spacial score (nSPS) is 11.0. The van der Waals surface area contributed by atoms with Crippen LogP contribution in [0.5, 0.6) is 5.75 Å². The van der Waals surface area contributed by atoms with Crippen molar-refractivity contribution in [2.45, 2.75) is 26.9 Å². The molecular weight excluding hydrogens is 275 g/mol. The van der Waals surface area contributed by atoms with Crippen molar-refractivity contribution in [3.63, 3.8) is 0 Å².